The molecule has 12 nitrogen and oxygen atoms in total. The SMILES string of the molecule is Nc1ncn([C@@H]2O[C@H](COP(=O)(O)O)[C@H](O)C2O)c(=O)n1. The molecule has 1 unspecified atom stereocenters. The molecule has 1 fully saturated rings. The summed E-state index contributed by atoms with van der Waals surface area (Å²) in [6.07, 6.45) is -4.68. The van der Waals surface area contributed by atoms with Crippen LogP contribution in [0.15, 0.2) is 11.1 Å². The van der Waals surface area contributed by atoms with Gasteiger partial charge in [0.1, 0.15) is 24.6 Å². The summed E-state index contributed by atoms with van der Waals surface area (Å²) < 4.78 is 20.8. The van der Waals surface area contributed by atoms with Crippen molar-refractivity contribution in [1.29, 1.82) is 0 Å². The molecule has 1 aromatic rings. The largest absolute Gasteiger partial charge is 0.469 e. The Labute approximate surface area is 117 Å². The van der Waals surface area contributed by atoms with Gasteiger partial charge in [0.25, 0.3) is 0 Å². The first kappa shape index (κ1) is 16.0. The Balaban J connectivity index is 2.16. The molecule has 1 saturated heterocycles. The minimum Gasteiger partial charge on any atom is -0.387 e. The van der Waals surface area contributed by atoms with E-state index in [0.717, 1.165) is 10.9 Å². The van der Waals surface area contributed by atoms with Crippen LogP contribution in [0.25, 0.3) is 0 Å². The average Bonchev–Trinajstić information content (AvgIpc) is 2.64. The second-order valence-corrected chi connectivity index (χ2v) is 5.48. The zero-order valence-corrected chi connectivity index (χ0v) is 11.3. The predicted octanol–water partition coefficient (Wildman–Crippen LogP) is -3.05. The minimum atomic E-state index is -4.75. The van der Waals surface area contributed by atoms with Crippen molar-refractivity contribution in [1.82, 2.24) is 14.5 Å². The first-order valence-electron chi connectivity index (χ1n) is 5.61. The van der Waals surface area contributed by atoms with Gasteiger partial charge in [-0.15, -0.1) is 0 Å². The van der Waals surface area contributed by atoms with E-state index < -0.39 is 44.7 Å². The molecule has 4 atom stereocenters. The van der Waals surface area contributed by atoms with E-state index in [9.17, 15) is 19.6 Å². The van der Waals surface area contributed by atoms with Crippen molar-refractivity contribution in [3.05, 3.63) is 16.8 Å². The van der Waals surface area contributed by atoms with Crippen LogP contribution in [0.1, 0.15) is 6.23 Å². The second-order valence-electron chi connectivity index (χ2n) is 4.24. The molecule has 0 spiro atoms. The van der Waals surface area contributed by atoms with E-state index >= 15 is 0 Å². The number of phosphoric ester groups is 1. The Hall–Kier alpha value is -1.40. The number of nitrogens with two attached hydrogens (primary N) is 1. The fourth-order valence-electron chi connectivity index (χ4n) is 1.80. The zero-order chi connectivity index (χ0) is 15.8. The zero-order valence-electron chi connectivity index (χ0n) is 10.4. The number of ether oxygens (including phenoxy) is 1. The molecule has 1 aliphatic rings. The van der Waals surface area contributed by atoms with Crippen LogP contribution < -0.4 is 11.4 Å². The molecule has 2 rings (SSSR count). The van der Waals surface area contributed by atoms with Crippen LogP contribution in [-0.4, -0.2) is 59.5 Å². The van der Waals surface area contributed by atoms with Gasteiger partial charge in [0.2, 0.25) is 5.95 Å². The van der Waals surface area contributed by atoms with Crippen molar-refractivity contribution < 1.29 is 33.8 Å². The van der Waals surface area contributed by atoms with Crippen molar-refractivity contribution >= 4 is 13.8 Å². The van der Waals surface area contributed by atoms with Crippen LogP contribution in [0, 0.1) is 0 Å². The van der Waals surface area contributed by atoms with Crippen LogP contribution in [-0.2, 0) is 13.8 Å². The Kier molecular flexibility index (Phi) is 4.39. The predicted molar refractivity (Wildman–Crippen MR) is 64.6 cm³/mol. The number of rotatable bonds is 4. The number of phosphoric acid groups is 1. The van der Waals surface area contributed by atoms with E-state index in [0.29, 0.717) is 0 Å². The number of hydrogen-bond donors (Lipinski definition) is 5. The second kappa shape index (κ2) is 5.77. The molecular weight excluding hydrogens is 311 g/mol. The lowest BCUT2D eigenvalue weighted by atomic mass is 10.1. The van der Waals surface area contributed by atoms with Crippen molar-refractivity contribution in [2.24, 2.45) is 0 Å². The molecular formula is C8H13N4O8P. The molecule has 21 heavy (non-hydrogen) atoms. The van der Waals surface area contributed by atoms with E-state index in [4.69, 9.17) is 20.3 Å². The van der Waals surface area contributed by atoms with Gasteiger partial charge in [0, 0.05) is 0 Å². The quantitative estimate of drug-likeness (QED) is 0.353. The van der Waals surface area contributed by atoms with Gasteiger partial charge in [-0.3, -0.25) is 9.09 Å². The van der Waals surface area contributed by atoms with Gasteiger partial charge in [-0.05, 0) is 0 Å². The van der Waals surface area contributed by atoms with E-state index in [1.165, 1.54) is 0 Å². The maximum atomic E-state index is 11.6. The maximum absolute atomic E-state index is 11.6. The van der Waals surface area contributed by atoms with E-state index in [-0.39, 0.29) is 5.95 Å². The number of aliphatic hydroxyl groups is 2. The number of anilines is 1. The van der Waals surface area contributed by atoms with Gasteiger partial charge in [0.05, 0.1) is 6.61 Å². The lowest BCUT2D eigenvalue weighted by molar-refractivity contribution is -0.0547. The number of nitrogen functional groups attached to an aromatic ring is 1. The normalized spacial score (nSPS) is 29.7. The number of nitrogens with zero attached hydrogens (tertiary/aromatic N) is 3. The van der Waals surface area contributed by atoms with E-state index in [1.54, 1.807) is 0 Å². The van der Waals surface area contributed by atoms with Gasteiger partial charge in [0.15, 0.2) is 6.23 Å². The highest BCUT2D eigenvalue weighted by atomic mass is 31.2. The smallest absolute Gasteiger partial charge is 0.387 e. The molecule has 118 valence electrons. The van der Waals surface area contributed by atoms with E-state index in [2.05, 4.69) is 14.5 Å². The van der Waals surface area contributed by atoms with Gasteiger partial charge in [-0.1, -0.05) is 0 Å². The fourth-order valence-corrected chi connectivity index (χ4v) is 2.14. The minimum absolute atomic E-state index is 0.273. The molecule has 0 radical (unpaired) electrons. The highest BCUT2D eigenvalue weighted by Crippen LogP contribution is 2.38. The highest BCUT2D eigenvalue weighted by Gasteiger charge is 2.45. The summed E-state index contributed by atoms with van der Waals surface area (Å²) in [5, 5.41) is 19.6. The Bertz CT molecular complexity index is 617. The number of hydrogen-bond acceptors (Lipinski definition) is 9. The van der Waals surface area contributed by atoms with Crippen molar-refractivity contribution in [2.45, 2.75) is 24.5 Å². The van der Waals surface area contributed by atoms with Crippen LogP contribution in [0.3, 0.4) is 0 Å². The molecule has 1 aromatic heterocycles. The summed E-state index contributed by atoms with van der Waals surface area (Å²) in [6.45, 7) is -0.677. The summed E-state index contributed by atoms with van der Waals surface area (Å²) >= 11 is 0. The molecule has 0 bridgehead atoms. The fraction of sp³-hybridized carbons (Fsp3) is 0.625. The lowest BCUT2D eigenvalue weighted by Crippen LogP contribution is -2.36. The van der Waals surface area contributed by atoms with Crippen molar-refractivity contribution in [2.75, 3.05) is 12.3 Å². The van der Waals surface area contributed by atoms with Crippen LogP contribution >= 0.6 is 7.82 Å². The van der Waals surface area contributed by atoms with Crippen LogP contribution in [0.2, 0.25) is 0 Å². The van der Waals surface area contributed by atoms with Crippen molar-refractivity contribution in [3.63, 3.8) is 0 Å². The maximum Gasteiger partial charge on any atom is 0.469 e. The molecule has 0 aromatic carbocycles. The van der Waals surface area contributed by atoms with Gasteiger partial charge < -0.3 is 30.5 Å². The van der Waals surface area contributed by atoms with Crippen LogP contribution in [0.5, 0.6) is 0 Å². The molecule has 2 heterocycles. The third-order valence-electron chi connectivity index (χ3n) is 2.76. The monoisotopic (exact) mass is 324 g/mol. The van der Waals surface area contributed by atoms with Gasteiger partial charge in [-0.25, -0.2) is 14.3 Å². The summed E-state index contributed by atoms with van der Waals surface area (Å²) in [5.74, 6) is -0.273. The first-order chi connectivity index (χ1) is 9.69. The number of aromatic nitrogens is 3. The third kappa shape index (κ3) is 3.63. The van der Waals surface area contributed by atoms with Crippen molar-refractivity contribution in [3.8, 4) is 0 Å². The summed E-state index contributed by atoms with van der Waals surface area (Å²) in [5.41, 5.74) is 4.35. The summed E-state index contributed by atoms with van der Waals surface area (Å²) in [7, 11) is -4.75. The Morgan fingerprint density at radius 1 is 1.43 bits per heavy atom. The Morgan fingerprint density at radius 2 is 2.10 bits per heavy atom. The summed E-state index contributed by atoms with van der Waals surface area (Å²) in [4.78, 5) is 35.7. The lowest BCUT2D eigenvalue weighted by Gasteiger charge is -2.16. The molecule has 0 amide bonds. The van der Waals surface area contributed by atoms with E-state index in [1.807, 2.05) is 0 Å². The molecule has 0 aliphatic carbocycles. The molecule has 13 heteroatoms. The Morgan fingerprint density at radius 3 is 2.67 bits per heavy atom. The highest BCUT2D eigenvalue weighted by molar-refractivity contribution is 7.46. The number of aliphatic hydroxyl groups excluding tert-OH is 2. The van der Waals surface area contributed by atoms with Gasteiger partial charge >= 0.3 is 13.5 Å². The average molecular weight is 324 g/mol. The topological polar surface area (TPSA) is 190 Å². The molecule has 6 N–H and O–H groups in total. The van der Waals surface area contributed by atoms with Crippen LogP contribution in [0.4, 0.5) is 5.95 Å². The first-order valence-corrected chi connectivity index (χ1v) is 7.14. The molecule has 0 saturated carbocycles. The third-order valence-corrected chi connectivity index (χ3v) is 3.25. The summed E-state index contributed by atoms with van der Waals surface area (Å²) in [6, 6.07) is 0. The molecule has 1 aliphatic heterocycles. The van der Waals surface area contributed by atoms with Gasteiger partial charge in [-0.2, -0.15) is 4.98 Å². The standard InChI is InChI=1S/C8H13N4O8P/c9-7-10-2-12(8(15)11-7)6-5(14)4(13)3(20-6)1-19-21(16,17)18/h2-6,13-14H,1H2,(H2,9,11,15)(H2,16,17,18)/t3-,4+,5?,6-/m1/s1.